The number of aryl methyl sites for hydroxylation is 1. The molecule has 2 N–H and O–H groups in total. The Morgan fingerprint density at radius 1 is 1.26 bits per heavy atom. The van der Waals surface area contributed by atoms with Gasteiger partial charge in [0.25, 0.3) is 0 Å². The highest BCUT2D eigenvalue weighted by Crippen LogP contribution is 2.21. The van der Waals surface area contributed by atoms with E-state index >= 15 is 0 Å². The molecule has 108 valence electrons. The molecule has 1 aliphatic rings. The molecule has 1 fully saturated rings. The third-order valence-electron chi connectivity index (χ3n) is 3.01. The molecule has 5 nitrogen and oxygen atoms in total. The van der Waals surface area contributed by atoms with Crippen LogP contribution in [0.1, 0.15) is 26.1 Å². The average molecular weight is 277 g/mol. The van der Waals surface area contributed by atoms with Crippen LogP contribution >= 0.6 is 0 Å². The second-order valence-electron chi connectivity index (χ2n) is 5.07. The summed E-state index contributed by atoms with van der Waals surface area (Å²) < 4.78 is 36.4. The van der Waals surface area contributed by atoms with E-state index in [1.807, 2.05) is 4.90 Å². The number of hydrogen-bond donors (Lipinski definition) is 2. The van der Waals surface area contributed by atoms with E-state index in [4.69, 9.17) is 0 Å². The van der Waals surface area contributed by atoms with E-state index < -0.39 is 12.6 Å². The Morgan fingerprint density at radius 2 is 1.89 bits per heavy atom. The smallest absolute Gasteiger partial charge is 0.336 e. The van der Waals surface area contributed by atoms with E-state index in [-0.39, 0.29) is 12.2 Å². The van der Waals surface area contributed by atoms with Gasteiger partial charge in [0.15, 0.2) is 0 Å². The number of aromatic amines is 1. The first kappa shape index (κ1) is 14.1. The Labute approximate surface area is 109 Å². The maximum Gasteiger partial charge on any atom is 0.389 e. The average Bonchev–Trinajstić information content (AvgIpc) is 2.72. The number of H-pyrrole nitrogens is 1. The summed E-state index contributed by atoms with van der Waals surface area (Å²) in [5, 5.41) is 9.96. The van der Waals surface area contributed by atoms with Crippen LogP contribution in [-0.4, -0.2) is 46.5 Å². The molecule has 0 aromatic carbocycles. The molecule has 0 spiro atoms. The van der Waals surface area contributed by atoms with E-state index in [0.29, 0.717) is 18.0 Å². The van der Waals surface area contributed by atoms with Crippen molar-refractivity contribution in [3.8, 4) is 0 Å². The fourth-order valence-electron chi connectivity index (χ4n) is 2.29. The molecule has 2 atom stereocenters. The molecule has 8 heteroatoms. The van der Waals surface area contributed by atoms with Crippen LogP contribution in [0.15, 0.2) is 0 Å². The summed E-state index contributed by atoms with van der Waals surface area (Å²) in [6.45, 7) is 5.61. The van der Waals surface area contributed by atoms with Gasteiger partial charge in [0.05, 0.1) is 6.42 Å². The standard InChI is InChI=1S/C11H18F3N5/c1-7-5-19(6-8(2)15-7)10-16-9(17-18-10)3-4-11(12,13)14/h7-8,15H,3-6H2,1-2H3,(H,16,17,18). The van der Waals surface area contributed by atoms with Gasteiger partial charge in [-0.3, -0.25) is 5.10 Å². The van der Waals surface area contributed by atoms with Gasteiger partial charge in [-0.1, -0.05) is 0 Å². The van der Waals surface area contributed by atoms with Crippen molar-refractivity contribution in [3.05, 3.63) is 5.82 Å². The van der Waals surface area contributed by atoms with Crippen LogP contribution in [0.25, 0.3) is 0 Å². The van der Waals surface area contributed by atoms with Crippen LogP contribution in [0.4, 0.5) is 19.1 Å². The molecular weight excluding hydrogens is 259 g/mol. The number of halogens is 3. The lowest BCUT2D eigenvalue weighted by molar-refractivity contribution is -0.134. The van der Waals surface area contributed by atoms with Gasteiger partial charge in [-0.2, -0.15) is 18.2 Å². The van der Waals surface area contributed by atoms with Crippen molar-refractivity contribution in [2.24, 2.45) is 0 Å². The van der Waals surface area contributed by atoms with Gasteiger partial charge in [-0.05, 0) is 13.8 Å². The second-order valence-corrected chi connectivity index (χ2v) is 5.07. The predicted molar refractivity (Wildman–Crippen MR) is 65.0 cm³/mol. The lowest BCUT2D eigenvalue weighted by atomic mass is 10.1. The first-order chi connectivity index (χ1) is 8.83. The molecule has 1 saturated heterocycles. The number of piperazine rings is 1. The number of alkyl halides is 3. The molecule has 1 aliphatic heterocycles. The summed E-state index contributed by atoms with van der Waals surface area (Å²) >= 11 is 0. The molecule has 0 saturated carbocycles. The summed E-state index contributed by atoms with van der Waals surface area (Å²) in [4.78, 5) is 6.12. The van der Waals surface area contributed by atoms with Crippen LogP contribution in [0.3, 0.4) is 0 Å². The second kappa shape index (κ2) is 5.36. The predicted octanol–water partition coefficient (Wildman–Crippen LogP) is 1.49. The van der Waals surface area contributed by atoms with Gasteiger partial charge in [-0.25, -0.2) is 0 Å². The number of nitrogens with one attached hydrogen (secondary N) is 2. The van der Waals surface area contributed by atoms with E-state index in [2.05, 4.69) is 34.3 Å². The van der Waals surface area contributed by atoms with E-state index in [1.165, 1.54) is 0 Å². The summed E-state index contributed by atoms with van der Waals surface area (Å²) in [6.07, 6.45) is -5.20. The summed E-state index contributed by atoms with van der Waals surface area (Å²) in [6, 6.07) is 0.613. The van der Waals surface area contributed by atoms with Gasteiger partial charge in [0.1, 0.15) is 5.82 Å². The minimum absolute atomic E-state index is 0.159. The molecule has 0 aliphatic carbocycles. The van der Waals surface area contributed by atoms with Gasteiger partial charge in [0.2, 0.25) is 5.95 Å². The van der Waals surface area contributed by atoms with Crippen molar-refractivity contribution in [1.29, 1.82) is 0 Å². The Balaban J connectivity index is 1.96. The van der Waals surface area contributed by atoms with E-state index in [9.17, 15) is 13.2 Å². The van der Waals surface area contributed by atoms with Crippen molar-refractivity contribution in [2.75, 3.05) is 18.0 Å². The molecule has 2 rings (SSSR count). The number of hydrogen-bond acceptors (Lipinski definition) is 4. The van der Waals surface area contributed by atoms with E-state index in [0.717, 1.165) is 13.1 Å². The van der Waals surface area contributed by atoms with Crippen molar-refractivity contribution in [3.63, 3.8) is 0 Å². The van der Waals surface area contributed by atoms with Crippen LogP contribution in [-0.2, 0) is 6.42 Å². The highest BCUT2D eigenvalue weighted by Gasteiger charge is 2.28. The van der Waals surface area contributed by atoms with Gasteiger partial charge in [-0.15, -0.1) is 5.10 Å². The SMILES string of the molecule is CC1CN(c2n[nH]c(CCC(F)(F)F)n2)CC(C)N1. The maximum absolute atomic E-state index is 12.1. The maximum atomic E-state index is 12.1. The Hall–Kier alpha value is -1.31. The molecular formula is C11H18F3N5. The molecule has 0 radical (unpaired) electrons. The van der Waals surface area contributed by atoms with Gasteiger partial charge >= 0.3 is 6.18 Å². The Kier molecular flexibility index (Phi) is 3.98. The van der Waals surface area contributed by atoms with Crippen molar-refractivity contribution < 1.29 is 13.2 Å². The number of anilines is 1. The fraction of sp³-hybridized carbons (Fsp3) is 0.818. The number of rotatable bonds is 3. The van der Waals surface area contributed by atoms with Crippen LogP contribution in [0.2, 0.25) is 0 Å². The first-order valence-electron chi connectivity index (χ1n) is 6.32. The lowest BCUT2D eigenvalue weighted by Gasteiger charge is -2.35. The summed E-state index contributed by atoms with van der Waals surface area (Å²) in [7, 11) is 0. The molecule has 0 amide bonds. The highest BCUT2D eigenvalue weighted by atomic mass is 19.4. The third-order valence-corrected chi connectivity index (χ3v) is 3.01. The van der Waals surface area contributed by atoms with Crippen LogP contribution in [0, 0.1) is 0 Å². The quantitative estimate of drug-likeness (QED) is 0.879. The monoisotopic (exact) mass is 277 g/mol. The molecule has 2 unspecified atom stereocenters. The Bertz CT molecular complexity index is 407. The Morgan fingerprint density at radius 3 is 2.47 bits per heavy atom. The minimum Gasteiger partial charge on any atom is -0.336 e. The van der Waals surface area contributed by atoms with Crippen molar-refractivity contribution in [2.45, 2.75) is 44.9 Å². The normalized spacial score (nSPS) is 24.8. The largest absolute Gasteiger partial charge is 0.389 e. The van der Waals surface area contributed by atoms with E-state index in [1.54, 1.807) is 0 Å². The highest BCUT2D eigenvalue weighted by molar-refractivity contribution is 5.30. The zero-order valence-electron chi connectivity index (χ0n) is 11.0. The molecule has 0 bridgehead atoms. The first-order valence-corrected chi connectivity index (χ1v) is 6.32. The van der Waals surface area contributed by atoms with Gasteiger partial charge in [0, 0.05) is 31.6 Å². The molecule has 2 heterocycles. The van der Waals surface area contributed by atoms with Crippen molar-refractivity contribution >= 4 is 5.95 Å². The zero-order chi connectivity index (χ0) is 14.0. The molecule has 19 heavy (non-hydrogen) atoms. The van der Waals surface area contributed by atoms with Crippen molar-refractivity contribution in [1.82, 2.24) is 20.5 Å². The van der Waals surface area contributed by atoms with Gasteiger partial charge < -0.3 is 10.2 Å². The lowest BCUT2D eigenvalue weighted by Crippen LogP contribution is -2.54. The van der Waals surface area contributed by atoms with Crippen LogP contribution < -0.4 is 10.2 Å². The number of aromatic nitrogens is 3. The topological polar surface area (TPSA) is 56.8 Å². The summed E-state index contributed by atoms with van der Waals surface area (Å²) in [5.74, 6) is 0.767. The minimum atomic E-state index is -4.16. The summed E-state index contributed by atoms with van der Waals surface area (Å²) in [5.41, 5.74) is 0. The third kappa shape index (κ3) is 4.09. The van der Waals surface area contributed by atoms with Crippen LogP contribution in [0.5, 0.6) is 0 Å². The number of nitrogens with zero attached hydrogens (tertiary/aromatic N) is 3. The molecule has 1 aromatic rings. The fourth-order valence-corrected chi connectivity index (χ4v) is 2.29. The molecule has 1 aromatic heterocycles. The zero-order valence-corrected chi connectivity index (χ0v) is 11.0.